The largest absolute Gasteiger partial charge is 0.479 e. The van der Waals surface area contributed by atoms with Gasteiger partial charge < -0.3 is 10.0 Å². The molecule has 0 aliphatic heterocycles. The third kappa shape index (κ3) is 2.61. The molecule has 0 heterocycles. The number of likely N-dealkylation sites (N-methyl/N-ethyl adjacent to an activating group) is 1. The van der Waals surface area contributed by atoms with E-state index >= 15 is 0 Å². The number of nitrogens with zero attached hydrogens (tertiary/aromatic N) is 1. The van der Waals surface area contributed by atoms with E-state index in [1.807, 2.05) is 6.92 Å². The van der Waals surface area contributed by atoms with Crippen LogP contribution in [0.2, 0.25) is 0 Å². The van der Waals surface area contributed by atoms with Gasteiger partial charge in [0.2, 0.25) is 6.41 Å². The molecule has 98 valence electrons. The Morgan fingerprint density at radius 3 is 2.41 bits per heavy atom. The maximum Gasteiger partial charge on any atom is 0.329 e. The zero-order valence-electron chi connectivity index (χ0n) is 11.2. The molecule has 1 N–H and O–H groups in total. The molecular weight excluding hydrogens is 218 g/mol. The Morgan fingerprint density at radius 2 is 2.06 bits per heavy atom. The molecule has 17 heavy (non-hydrogen) atoms. The van der Waals surface area contributed by atoms with Crippen molar-refractivity contribution < 1.29 is 14.7 Å². The van der Waals surface area contributed by atoms with Crippen LogP contribution < -0.4 is 0 Å². The molecule has 0 bridgehead atoms. The van der Waals surface area contributed by atoms with Crippen molar-refractivity contribution in [3.05, 3.63) is 0 Å². The van der Waals surface area contributed by atoms with Crippen LogP contribution in [0.15, 0.2) is 0 Å². The van der Waals surface area contributed by atoms with Crippen LogP contribution in [0.1, 0.15) is 47.0 Å². The number of carboxylic acids is 1. The summed E-state index contributed by atoms with van der Waals surface area (Å²) in [6.07, 6.45) is 2.78. The monoisotopic (exact) mass is 241 g/mol. The molecule has 1 fully saturated rings. The molecule has 0 spiro atoms. The molecule has 1 amide bonds. The van der Waals surface area contributed by atoms with Crippen LogP contribution in [-0.4, -0.2) is 34.5 Å². The van der Waals surface area contributed by atoms with Crippen molar-refractivity contribution in [1.29, 1.82) is 0 Å². The number of amides is 1. The van der Waals surface area contributed by atoms with Crippen molar-refractivity contribution in [2.45, 2.75) is 52.5 Å². The summed E-state index contributed by atoms with van der Waals surface area (Å²) >= 11 is 0. The van der Waals surface area contributed by atoms with Gasteiger partial charge in [0, 0.05) is 6.54 Å². The molecule has 0 aromatic carbocycles. The molecule has 1 aliphatic carbocycles. The molecule has 0 saturated heterocycles. The van der Waals surface area contributed by atoms with Crippen LogP contribution in [0.5, 0.6) is 0 Å². The van der Waals surface area contributed by atoms with Gasteiger partial charge in [0.1, 0.15) is 5.54 Å². The first kappa shape index (κ1) is 14.0. The van der Waals surface area contributed by atoms with E-state index in [-0.39, 0.29) is 5.41 Å². The summed E-state index contributed by atoms with van der Waals surface area (Å²) in [6.45, 7) is 8.50. The van der Waals surface area contributed by atoms with Crippen LogP contribution in [-0.2, 0) is 9.59 Å². The SMILES string of the molecule is CCN(C=O)C1(C(=O)O)CC(C)CC(C)(C)C1. The van der Waals surface area contributed by atoms with Gasteiger partial charge >= 0.3 is 5.97 Å². The molecule has 0 radical (unpaired) electrons. The number of carbonyl (C=O) groups excluding carboxylic acids is 1. The summed E-state index contributed by atoms with van der Waals surface area (Å²) in [5, 5.41) is 9.57. The highest BCUT2D eigenvalue weighted by atomic mass is 16.4. The van der Waals surface area contributed by atoms with Crippen LogP contribution in [0.25, 0.3) is 0 Å². The molecule has 1 rings (SSSR count). The highest BCUT2D eigenvalue weighted by molar-refractivity contribution is 5.81. The second-order valence-electron chi connectivity index (χ2n) is 6.08. The summed E-state index contributed by atoms with van der Waals surface area (Å²) in [6, 6.07) is 0. The maximum absolute atomic E-state index is 11.7. The van der Waals surface area contributed by atoms with E-state index in [9.17, 15) is 14.7 Å². The van der Waals surface area contributed by atoms with Crippen LogP contribution in [0.4, 0.5) is 0 Å². The van der Waals surface area contributed by atoms with Crippen molar-refractivity contribution in [3.63, 3.8) is 0 Å². The fraction of sp³-hybridized carbons (Fsp3) is 0.846. The first-order chi connectivity index (χ1) is 7.77. The molecule has 0 aromatic heterocycles. The van der Waals surface area contributed by atoms with E-state index in [4.69, 9.17) is 0 Å². The first-order valence-electron chi connectivity index (χ1n) is 6.23. The Bertz CT molecular complexity index is 314. The topological polar surface area (TPSA) is 57.6 Å². The zero-order valence-corrected chi connectivity index (χ0v) is 11.2. The smallest absolute Gasteiger partial charge is 0.329 e. The van der Waals surface area contributed by atoms with Gasteiger partial charge in [-0.15, -0.1) is 0 Å². The Hall–Kier alpha value is -1.06. The molecule has 4 heteroatoms. The van der Waals surface area contributed by atoms with Gasteiger partial charge in [-0.05, 0) is 37.5 Å². The van der Waals surface area contributed by atoms with Crippen molar-refractivity contribution in [1.82, 2.24) is 4.90 Å². The lowest BCUT2D eigenvalue weighted by Crippen LogP contribution is -2.59. The summed E-state index contributed by atoms with van der Waals surface area (Å²) in [4.78, 5) is 24.2. The highest BCUT2D eigenvalue weighted by Crippen LogP contribution is 2.46. The maximum atomic E-state index is 11.7. The number of aliphatic carboxylic acids is 1. The van der Waals surface area contributed by atoms with E-state index in [1.165, 1.54) is 4.90 Å². The van der Waals surface area contributed by atoms with Crippen molar-refractivity contribution in [2.24, 2.45) is 11.3 Å². The normalized spacial score (nSPS) is 31.9. The third-order valence-corrected chi connectivity index (χ3v) is 3.77. The number of hydrogen-bond acceptors (Lipinski definition) is 2. The molecule has 1 aliphatic rings. The quantitative estimate of drug-likeness (QED) is 0.767. The Balaban J connectivity index is 3.14. The lowest BCUT2D eigenvalue weighted by atomic mass is 9.63. The Kier molecular flexibility index (Phi) is 3.84. The first-order valence-corrected chi connectivity index (χ1v) is 6.23. The third-order valence-electron chi connectivity index (χ3n) is 3.77. The van der Waals surface area contributed by atoms with E-state index in [0.29, 0.717) is 31.7 Å². The van der Waals surface area contributed by atoms with Crippen molar-refractivity contribution in [2.75, 3.05) is 6.54 Å². The minimum absolute atomic E-state index is 0.0352. The van der Waals surface area contributed by atoms with Gasteiger partial charge in [0.05, 0.1) is 0 Å². The van der Waals surface area contributed by atoms with Gasteiger partial charge in [0.15, 0.2) is 0 Å². The average Bonchev–Trinajstić information content (AvgIpc) is 2.15. The standard InChI is InChI=1S/C13H23NO3/c1-5-14(9-15)13(11(16)17)7-10(2)6-12(3,4)8-13/h9-10H,5-8H2,1-4H3,(H,16,17). The number of carbonyl (C=O) groups is 2. The summed E-state index contributed by atoms with van der Waals surface area (Å²) < 4.78 is 0. The Labute approximate surface area is 103 Å². The lowest BCUT2D eigenvalue weighted by molar-refractivity contribution is -0.162. The van der Waals surface area contributed by atoms with E-state index in [1.54, 1.807) is 0 Å². The van der Waals surface area contributed by atoms with E-state index < -0.39 is 11.5 Å². The molecule has 2 atom stereocenters. The van der Waals surface area contributed by atoms with Crippen molar-refractivity contribution >= 4 is 12.4 Å². The summed E-state index contributed by atoms with van der Waals surface area (Å²) in [5.41, 5.74) is -1.05. The zero-order chi connectivity index (χ0) is 13.3. The second-order valence-corrected chi connectivity index (χ2v) is 6.08. The van der Waals surface area contributed by atoms with Crippen LogP contribution in [0.3, 0.4) is 0 Å². The lowest BCUT2D eigenvalue weighted by Gasteiger charge is -2.49. The molecule has 2 unspecified atom stereocenters. The van der Waals surface area contributed by atoms with Gasteiger partial charge in [0.25, 0.3) is 0 Å². The molecule has 1 saturated carbocycles. The summed E-state index contributed by atoms with van der Waals surface area (Å²) in [5.74, 6) is -0.546. The number of rotatable bonds is 4. The van der Waals surface area contributed by atoms with Gasteiger partial charge in [-0.25, -0.2) is 4.79 Å². The number of hydrogen-bond donors (Lipinski definition) is 1. The highest BCUT2D eigenvalue weighted by Gasteiger charge is 2.51. The average molecular weight is 241 g/mol. The van der Waals surface area contributed by atoms with Crippen LogP contribution >= 0.6 is 0 Å². The van der Waals surface area contributed by atoms with Gasteiger partial charge in [-0.1, -0.05) is 20.8 Å². The van der Waals surface area contributed by atoms with Crippen molar-refractivity contribution in [3.8, 4) is 0 Å². The van der Waals surface area contributed by atoms with Gasteiger partial charge in [-0.3, -0.25) is 4.79 Å². The minimum Gasteiger partial charge on any atom is -0.479 e. The second kappa shape index (κ2) is 4.67. The predicted molar refractivity (Wildman–Crippen MR) is 65.6 cm³/mol. The number of carboxylic acid groups (broad SMARTS) is 1. The Morgan fingerprint density at radius 1 is 1.47 bits per heavy atom. The van der Waals surface area contributed by atoms with Gasteiger partial charge in [-0.2, -0.15) is 0 Å². The molecular formula is C13H23NO3. The fourth-order valence-electron chi connectivity index (χ4n) is 3.51. The molecule has 4 nitrogen and oxygen atoms in total. The van der Waals surface area contributed by atoms with E-state index in [2.05, 4.69) is 20.8 Å². The van der Waals surface area contributed by atoms with Crippen LogP contribution in [0, 0.1) is 11.3 Å². The summed E-state index contributed by atoms with van der Waals surface area (Å²) in [7, 11) is 0. The fourth-order valence-corrected chi connectivity index (χ4v) is 3.51. The molecule has 0 aromatic rings. The minimum atomic E-state index is -1.02. The predicted octanol–water partition coefficient (Wildman–Crippen LogP) is 2.13. The van der Waals surface area contributed by atoms with E-state index in [0.717, 1.165) is 6.42 Å².